The maximum atomic E-state index is 13.4. The minimum absolute atomic E-state index is 0.207. The van der Waals surface area contributed by atoms with Gasteiger partial charge in [0.2, 0.25) is 0 Å². The number of hydrazine groups is 1. The first-order chi connectivity index (χ1) is 10.5. The van der Waals surface area contributed by atoms with E-state index in [2.05, 4.69) is 0 Å². The van der Waals surface area contributed by atoms with Gasteiger partial charge >= 0.3 is 0 Å². The smallest absolute Gasteiger partial charge is 0.272 e. The molecule has 8 heteroatoms. The van der Waals surface area contributed by atoms with Crippen LogP contribution in [-0.4, -0.2) is 40.6 Å². The van der Waals surface area contributed by atoms with Crippen LogP contribution in [0.4, 0.5) is 4.39 Å². The van der Waals surface area contributed by atoms with E-state index in [1.54, 1.807) is 11.8 Å². The molecule has 0 aliphatic carbocycles. The molecular weight excluding hydrogens is 309 g/mol. The highest BCUT2D eigenvalue weighted by Crippen LogP contribution is 2.06. The quantitative estimate of drug-likeness (QED) is 0.429. The number of rotatable bonds is 7. The van der Waals surface area contributed by atoms with Crippen LogP contribution in [0.15, 0.2) is 24.3 Å². The van der Waals surface area contributed by atoms with Crippen molar-refractivity contribution in [2.75, 3.05) is 11.5 Å². The Morgan fingerprint density at radius 1 is 1.36 bits per heavy atom. The predicted octanol–water partition coefficient (Wildman–Crippen LogP) is 0.418. The Hall–Kier alpha value is -1.64. The predicted molar refractivity (Wildman–Crippen MR) is 83.6 cm³/mol. The Bertz CT molecular complexity index is 516. The normalized spacial score (nSPS) is 13.3. The summed E-state index contributed by atoms with van der Waals surface area (Å²) in [5.41, 5.74) is 9.58. The molecule has 0 saturated carbocycles. The first-order valence-electron chi connectivity index (χ1n) is 6.83. The van der Waals surface area contributed by atoms with Gasteiger partial charge in [-0.25, -0.2) is 4.39 Å². The number of aliphatic hydroxyl groups excluding tert-OH is 1. The summed E-state index contributed by atoms with van der Waals surface area (Å²) in [5.74, 6) is -0.701. The van der Waals surface area contributed by atoms with Crippen molar-refractivity contribution in [3.63, 3.8) is 0 Å². The van der Waals surface area contributed by atoms with Crippen LogP contribution < -0.4 is 16.6 Å². The molecule has 1 aromatic carbocycles. The molecule has 5 N–H and O–H groups in total. The molecule has 0 bridgehead atoms. The molecule has 0 aromatic heterocycles. The Labute approximate surface area is 132 Å². The third-order valence-corrected chi connectivity index (χ3v) is 3.82. The molecule has 1 aromatic rings. The number of thioether (sulfide) groups is 1. The Morgan fingerprint density at radius 3 is 2.68 bits per heavy atom. The van der Waals surface area contributed by atoms with Crippen LogP contribution in [0.2, 0.25) is 0 Å². The highest BCUT2D eigenvalue weighted by molar-refractivity contribution is 7.99. The average molecular weight is 329 g/mol. The molecule has 0 saturated heterocycles. The SMILES string of the molecule is CCSCC[C@@H](N)C(O)C(=O)NNC(=O)c1ccccc1F. The molecule has 2 atom stereocenters. The Morgan fingerprint density at radius 2 is 2.05 bits per heavy atom. The van der Waals surface area contributed by atoms with Gasteiger partial charge in [0, 0.05) is 6.04 Å². The third-order valence-electron chi connectivity index (χ3n) is 2.89. The van der Waals surface area contributed by atoms with E-state index in [0.717, 1.165) is 17.6 Å². The standard InChI is InChI=1S/C14H20FN3O3S/c1-2-22-8-7-11(16)12(19)14(21)18-17-13(20)9-5-3-4-6-10(9)15/h3-6,11-12,19H,2,7-8,16H2,1H3,(H,17,20)(H,18,21)/t11-,12?/m1/s1. The zero-order valence-corrected chi connectivity index (χ0v) is 13.0. The molecule has 1 unspecified atom stereocenters. The van der Waals surface area contributed by atoms with E-state index in [-0.39, 0.29) is 5.56 Å². The molecule has 0 spiro atoms. The topological polar surface area (TPSA) is 104 Å². The summed E-state index contributed by atoms with van der Waals surface area (Å²) in [6, 6.07) is 4.62. The van der Waals surface area contributed by atoms with Crippen molar-refractivity contribution in [3.8, 4) is 0 Å². The van der Waals surface area contributed by atoms with Crippen molar-refractivity contribution < 1.29 is 19.1 Å². The molecule has 22 heavy (non-hydrogen) atoms. The second-order valence-corrected chi connectivity index (χ2v) is 5.91. The maximum absolute atomic E-state index is 13.4. The fourth-order valence-electron chi connectivity index (χ4n) is 1.62. The molecule has 0 aliphatic heterocycles. The number of halogens is 1. The molecule has 0 heterocycles. The summed E-state index contributed by atoms with van der Waals surface area (Å²) >= 11 is 1.65. The monoisotopic (exact) mass is 329 g/mol. The summed E-state index contributed by atoms with van der Waals surface area (Å²) < 4.78 is 13.4. The van der Waals surface area contributed by atoms with Crippen LogP contribution in [0.3, 0.4) is 0 Å². The van der Waals surface area contributed by atoms with E-state index in [1.165, 1.54) is 18.2 Å². The lowest BCUT2D eigenvalue weighted by molar-refractivity contribution is -0.131. The van der Waals surface area contributed by atoms with Gasteiger partial charge in [0.05, 0.1) is 5.56 Å². The lowest BCUT2D eigenvalue weighted by Crippen LogP contribution is -2.52. The number of carbonyl (C=O) groups excluding carboxylic acids is 2. The van der Waals surface area contributed by atoms with E-state index >= 15 is 0 Å². The van der Waals surface area contributed by atoms with E-state index < -0.39 is 29.8 Å². The number of nitrogens with two attached hydrogens (primary N) is 1. The van der Waals surface area contributed by atoms with Crippen LogP contribution in [0.1, 0.15) is 23.7 Å². The van der Waals surface area contributed by atoms with Gasteiger partial charge < -0.3 is 10.8 Å². The van der Waals surface area contributed by atoms with Crippen molar-refractivity contribution in [2.24, 2.45) is 5.73 Å². The fraction of sp³-hybridized carbons (Fsp3) is 0.429. The average Bonchev–Trinajstić information content (AvgIpc) is 2.52. The van der Waals surface area contributed by atoms with Crippen molar-refractivity contribution in [2.45, 2.75) is 25.5 Å². The lowest BCUT2D eigenvalue weighted by atomic mass is 10.1. The zero-order chi connectivity index (χ0) is 16.5. The molecule has 122 valence electrons. The summed E-state index contributed by atoms with van der Waals surface area (Å²) in [7, 11) is 0. The first-order valence-corrected chi connectivity index (χ1v) is 7.99. The largest absolute Gasteiger partial charge is 0.382 e. The number of hydrogen-bond acceptors (Lipinski definition) is 5. The Balaban J connectivity index is 2.45. The molecule has 0 fully saturated rings. The van der Waals surface area contributed by atoms with Gasteiger partial charge in [0.25, 0.3) is 11.8 Å². The van der Waals surface area contributed by atoms with Gasteiger partial charge in [0.1, 0.15) is 11.9 Å². The summed E-state index contributed by atoms with van der Waals surface area (Å²) in [6.07, 6.45) is -0.979. The second kappa shape index (κ2) is 9.39. The third kappa shape index (κ3) is 5.63. The zero-order valence-electron chi connectivity index (χ0n) is 12.2. The number of hydrogen-bond donors (Lipinski definition) is 4. The van der Waals surface area contributed by atoms with E-state index in [4.69, 9.17) is 5.73 Å². The van der Waals surface area contributed by atoms with E-state index in [9.17, 15) is 19.1 Å². The summed E-state index contributed by atoms with van der Waals surface area (Å²) in [5, 5.41) is 9.75. The highest BCUT2D eigenvalue weighted by atomic mass is 32.2. The number of benzene rings is 1. The number of amides is 2. The minimum Gasteiger partial charge on any atom is -0.382 e. The van der Waals surface area contributed by atoms with Gasteiger partial charge in [-0.15, -0.1) is 0 Å². The Kier molecular flexibility index (Phi) is 7.86. The van der Waals surface area contributed by atoms with Crippen molar-refractivity contribution in [1.82, 2.24) is 10.9 Å². The molecule has 1 rings (SSSR count). The maximum Gasteiger partial charge on any atom is 0.272 e. The van der Waals surface area contributed by atoms with Gasteiger partial charge in [-0.05, 0) is 30.1 Å². The number of carbonyl (C=O) groups is 2. The van der Waals surface area contributed by atoms with Crippen molar-refractivity contribution in [3.05, 3.63) is 35.6 Å². The van der Waals surface area contributed by atoms with Crippen LogP contribution in [-0.2, 0) is 4.79 Å². The van der Waals surface area contributed by atoms with Crippen LogP contribution >= 0.6 is 11.8 Å². The van der Waals surface area contributed by atoms with Crippen LogP contribution in [0.5, 0.6) is 0 Å². The molecule has 6 nitrogen and oxygen atoms in total. The van der Waals surface area contributed by atoms with E-state index in [1.807, 2.05) is 17.8 Å². The summed E-state index contributed by atoms with van der Waals surface area (Å²) in [6.45, 7) is 2.00. The van der Waals surface area contributed by atoms with Crippen LogP contribution in [0, 0.1) is 5.82 Å². The van der Waals surface area contributed by atoms with Crippen molar-refractivity contribution >= 4 is 23.6 Å². The second-order valence-electron chi connectivity index (χ2n) is 4.52. The first kappa shape index (κ1) is 18.4. The highest BCUT2D eigenvalue weighted by Gasteiger charge is 2.23. The minimum atomic E-state index is -1.45. The molecule has 2 amide bonds. The van der Waals surface area contributed by atoms with E-state index in [0.29, 0.717) is 6.42 Å². The fourth-order valence-corrected chi connectivity index (χ4v) is 2.35. The van der Waals surface area contributed by atoms with Gasteiger partial charge in [-0.1, -0.05) is 19.1 Å². The number of aliphatic hydroxyl groups is 1. The van der Waals surface area contributed by atoms with Gasteiger partial charge in [0.15, 0.2) is 0 Å². The lowest BCUT2D eigenvalue weighted by Gasteiger charge is -2.18. The van der Waals surface area contributed by atoms with Crippen LogP contribution in [0.25, 0.3) is 0 Å². The number of nitrogens with one attached hydrogen (secondary N) is 2. The van der Waals surface area contributed by atoms with Gasteiger partial charge in [-0.3, -0.25) is 20.4 Å². The molecular formula is C14H20FN3O3S. The van der Waals surface area contributed by atoms with Gasteiger partial charge in [-0.2, -0.15) is 11.8 Å². The summed E-state index contributed by atoms with van der Waals surface area (Å²) in [4.78, 5) is 23.4. The molecule has 0 radical (unpaired) electrons. The van der Waals surface area contributed by atoms with Crippen molar-refractivity contribution in [1.29, 1.82) is 0 Å². The molecule has 0 aliphatic rings.